The summed E-state index contributed by atoms with van der Waals surface area (Å²) < 4.78 is 14.9. The molecule has 0 spiro atoms. The number of anilines is 1. The van der Waals surface area contributed by atoms with Crippen molar-refractivity contribution in [3.8, 4) is 0 Å². The summed E-state index contributed by atoms with van der Waals surface area (Å²) in [5, 5.41) is 16.4. The van der Waals surface area contributed by atoms with Crippen LogP contribution in [0.4, 0.5) is 16.0 Å². The monoisotopic (exact) mass is 352 g/mol. The van der Waals surface area contributed by atoms with Crippen LogP contribution in [0, 0.1) is 15.9 Å². The third-order valence-corrected chi connectivity index (χ3v) is 4.78. The predicted octanol–water partition coefficient (Wildman–Crippen LogP) is 2.82. The van der Waals surface area contributed by atoms with Gasteiger partial charge in [-0.1, -0.05) is 9.61 Å². The fourth-order valence-electron chi connectivity index (χ4n) is 3.53. The number of nitrogens with one attached hydrogen (secondary N) is 1. The van der Waals surface area contributed by atoms with Crippen molar-refractivity contribution >= 4 is 28.2 Å². The molecular weight excluding hydrogens is 339 g/mol. The van der Waals surface area contributed by atoms with Crippen LogP contribution in [0.3, 0.4) is 0 Å². The molecule has 5 rings (SSSR count). The second-order valence-corrected chi connectivity index (χ2v) is 6.28. The van der Waals surface area contributed by atoms with Gasteiger partial charge in [0.05, 0.1) is 0 Å². The summed E-state index contributed by atoms with van der Waals surface area (Å²) in [6.07, 6.45) is 1.96. The number of imidazole rings is 1. The summed E-state index contributed by atoms with van der Waals surface area (Å²) in [6, 6.07) is 8.22. The van der Waals surface area contributed by atoms with E-state index < -0.39 is 4.92 Å². The number of hydrogen-bond acceptors (Lipinski definition) is 5. The van der Waals surface area contributed by atoms with Gasteiger partial charge in [-0.05, 0) is 29.2 Å². The summed E-state index contributed by atoms with van der Waals surface area (Å²) in [4.78, 5) is 20.0. The van der Waals surface area contributed by atoms with Crippen LogP contribution in [-0.2, 0) is 13.0 Å². The minimum atomic E-state index is -0.506. The van der Waals surface area contributed by atoms with Gasteiger partial charge in [-0.2, -0.15) is 0 Å². The number of aromatic amines is 1. The Bertz CT molecular complexity index is 1180. The molecule has 130 valence electrons. The van der Waals surface area contributed by atoms with E-state index in [0.29, 0.717) is 24.6 Å². The Kier molecular flexibility index (Phi) is 2.99. The van der Waals surface area contributed by atoms with E-state index >= 15 is 0 Å². The lowest BCUT2D eigenvalue weighted by Crippen LogP contribution is -2.31. The Labute approximate surface area is 146 Å². The number of hydrogen-bond donors (Lipinski definition) is 1. The molecule has 26 heavy (non-hydrogen) atoms. The number of nitrogens with zero attached hydrogens (tertiary/aromatic N) is 5. The molecule has 8 nitrogen and oxygen atoms in total. The number of H-pyrrole nitrogens is 1. The van der Waals surface area contributed by atoms with Crippen molar-refractivity contribution in [1.82, 2.24) is 19.6 Å². The smallest absolute Gasteiger partial charge is 0.358 e. The Morgan fingerprint density at radius 1 is 1.27 bits per heavy atom. The molecule has 0 aliphatic carbocycles. The zero-order valence-electron chi connectivity index (χ0n) is 13.5. The van der Waals surface area contributed by atoms with Crippen LogP contribution in [0.5, 0.6) is 0 Å². The fourth-order valence-corrected chi connectivity index (χ4v) is 3.53. The van der Waals surface area contributed by atoms with Gasteiger partial charge < -0.3 is 20.0 Å². The van der Waals surface area contributed by atoms with Gasteiger partial charge in [0.1, 0.15) is 12.0 Å². The maximum absolute atomic E-state index is 13.6. The molecule has 4 aromatic rings. The molecule has 0 radical (unpaired) electrons. The molecule has 0 atom stereocenters. The van der Waals surface area contributed by atoms with E-state index in [1.165, 1.54) is 22.8 Å². The SMILES string of the molecule is O=[N+]([O-])c1cnc2ccc(N3CCc4[nH]c5ccc(F)cc5c4C3)nn12. The lowest BCUT2D eigenvalue weighted by Gasteiger charge is -2.27. The quantitative estimate of drug-likeness (QED) is 0.442. The van der Waals surface area contributed by atoms with Gasteiger partial charge in [-0.15, -0.1) is 0 Å². The maximum atomic E-state index is 13.6. The molecule has 3 aromatic heterocycles. The van der Waals surface area contributed by atoms with Crippen molar-refractivity contribution in [1.29, 1.82) is 0 Å². The van der Waals surface area contributed by atoms with E-state index in [4.69, 9.17) is 0 Å². The normalized spacial score (nSPS) is 14.1. The van der Waals surface area contributed by atoms with E-state index in [-0.39, 0.29) is 11.6 Å². The summed E-state index contributed by atoms with van der Waals surface area (Å²) >= 11 is 0. The van der Waals surface area contributed by atoms with Gasteiger partial charge >= 0.3 is 5.82 Å². The van der Waals surface area contributed by atoms with Crippen LogP contribution in [0.25, 0.3) is 16.6 Å². The average molecular weight is 352 g/mol. The van der Waals surface area contributed by atoms with Crippen molar-refractivity contribution < 1.29 is 9.31 Å². The number of halogens is 1. The van der Waals surface area contributed by atoms with E-state index in [2.05, 4.69) is 15.1 Å². The third-order valence-electron chi connectivity index (χ3n) is 4.78. The molecule has 1 aliphatic heterocycles. The largest absolute Gasteiger partial charge is 0.368 e. The first kappa shape index (κ1) is 14.8. The van der Waals surface area contributed by atoms with Crippen molar-refractivity contribution in [3.05, 3.63) is 63.7 Å². The second kappa shape index (κ2) is 5.25. The highest BCUT2D eigenvalue weighted by Crippen LogP contribution is 2.30. The van der Waals surface area contributed by atoms with Crippen molar-refractivity contribution in [2.24, 2.45) is 0 Å². The number of nitro groups is 1. The molecular formula is C17H13FN6O2. The maximum Gasteiger partial charge on any atom is 0.368 e. The third kappa shape index (κ3) is 2.13. The van der Waals surface area contributed by atoms with E-state index in [1.807, 2.05) is 4.90 Å². The van der Waals surface area contributed by atoms with Crippen LogP contribution in [0.1, 0.15) is 11.3 Å². The van der Waals surface area contributed by atoms with Crippen LogP contribution < -0.4 is 4.90 Å². The lowest BCUT2D eigenvalue weighted by molar-refractivity contribution is -0.391. The van der Waals surface area contributed by atoms with Crippen LogP contribution in [0.2, 0.25) is 0 Å². The van der Waals surface area contributed by atoms with E-state index in [1.54, 1.807) is 18.2 Å². The summed E-state index contributed by atoms with van der Waals surface area (Å²) in [5.74, 6) is 0.175. The van der Waals surface area contributed by atoms with Gasteiger partial charge in [0, 0.05) is 47.7 Å². The minimum Gasteiger partial charge on any atom is -0.358 e. The number of aromatic nitrogens is 4. The molecule has 1 N–H and O–H groups in total. The van der Waals surface area contributed by atoms with Gasteiger partial charge in [0.15, 0.2) is 5.82 Å². The van der Waals surface area contributed by atoms with Gasteiger partial charge in [-0.3, -0.25) is 0 Å². The zero-order valence-corrected chi connectivity index (χ0v) is 13.5. The highest BCUT2D eigenvalue weighted by atomic mass is 19.1. The summed E-state index contributed by atoms with van der Waals surface area (Å²) in [5.41, 5.74) is 3.46. The van der Waals surface area contributed by atoms with Crippen LogP contribution in [-0.4, -0.2) is 31.1 Å². The first-order valence-corrected chi connectivity index (χ1v) is 8.13. The Balaban J connectivity index is 1.57. The number of rotatable bonds is 2. The predicted molar refractivity (Wildman–Crippen MR) is 92.7 cm³/mol. The molecule has 0 fully saturated rings. The molecule has 1 aliphatic rings. The standard InChI is InChI=1S/C17H13FN6O2/c18-10-1-2-13-11(7-10)12-9-22(6-5-14(12)20-13)16-4-3-15-19-8-17(24(25)26)23(15)21-16/h1-4,7-8,20H,5-6,9H2. The molecule has 0 bridgehead atoms. The first-order chi connectivity index (χ1) is 12.6. The van der Waals surface area contributed by atoms with Crippen molar-refractivity contribution in [2.45, 2.75) is 13.0 Å². The molecule has 9 heteroatoms. The topological polar surface area (TPSA) is 92.4 Å². The van der Waals surface area contributed by atoms with Crippen molar-refractivity contribution in [3.63, 3.8) is 0 Å². The fraction of sp³-hybridized carbons (Fsp3) is 0.176. The minimum absolute atomic E-state index is 0.172. The van der Waals surface area contributed by atoms with Gasteiger partial charge in [0.25, 0.3) is 0 Å². The van der Waals surface area contributed by atoms with Crippen molar-refractivity contribution in [2.75, 3.05) is 11.4 Å². The average Bonchev–Trinajstić information content (AvgIpc) is 3.21. The van der Waals surface area contributed by atoms with E-state index in [0.717, 1.165) is 28.6 Å². The number of fused-ring (bicyclic) bond motifs is 4. The van der Waals surface area contributed by atoms with Gasteiger partial charge in [-0.25, -0.2) is 9.37 Å². The Hall–Kier alpha value is -3.49. The summed E-state index contributed by atoms with van der Waals surface area (Å²) in [6.45, 7) is 1.27. The van der Waals surface area contributed by atoms with Crippen LogP contribution in [0.15, 0.2) is 36.5 Å². The molecule has 0 unspecified atom stereocenters. The summed E-state index contributed by atoms with van der Waals surface area (Å²) in [7, 11) is 0. The Morgan fingerprint density at radius 3 is 3.00 bits per heavy atom. The molecule has 4 heterocycles. The van der Waals surface area contributed by atoms with Crippen LogP contribution >= 0.6 is 0 Å². The number of benzene rings is 1. The highest BCUT2D eigenvalue weighted by molar-refractivity contribution is 5.85. The molecule has 0 saturated heterocycles. The molecule has 1 aromatic carbocycles. The second-order valence-electron chi connectivity index (χ2n) is 6.28. The molecule has 0 amide bonds. The highest BCUT2D eigenvalue weighted by Gasteiger charge is 2.24. The molecule has 0 saturated carbocycles. The van der Waals surface area contributed by atoms with E-state index in [9.17, 15) is 14.5 Å². The lowest BCUT2D eigenvalue weighted by atomic mass is 10.0. The Morgan fingerprint density at radius 2 is 2.15 bits per heavy atom. The zero-order chi connectivity index (χ0) is 17.8. The first-order valence-electron chi connectivity index (χ1n) is 8.13. The van der Waals surface area contributed by atoms with Gasteiger partial charge in [0.2, 0.25) is 5.65 Å².